The quantitative estimate of drug-likeness (QED) is 0.0215. The van der Waals surface area contributed by atoms with E-state index in [0.717, 1.165) is 77.0 Å². The van der Waals surface area contributed by atoms with Crippen LogP contribution in [0.3, 0.4) is 0 Å². The molecular weight excluding hydrogens is 758 g/mol. The molecule has 0 heterocycles. The molecule has 0 aromatic heterocycles. The summed E-state index contributed by atoms with van der Waals surface area (Å²) in [5.74, 6) is -0.332. The van der Waals surface area contributed by atoms with E-state index < -0.39 is 13.9 Å². The Bertz CT molecular complexity index is 1130. The molecule has 0 fully saturated rings. The van der Waals surface area contributed by atoms with Crippen LogP contribution in [0.1, 0.15) is 194 Å². The molecule has 2 unspecified atom stereocenters. The van der Waals surface area contributed by atoms with Crippen molar-refractivity contribution >= 4 is 13.8 Å². The Hall–Kier alpha value is -1.80. The number of phosphoric acid groups is 1. The minimum absolute atomic E-state index is 0.0811. The summed E-state index contributed by atoms with van der Waals surface area (Å²) in [4.78, 5) is 22.9. The lowest BCUT2D eigenvalue weighted by Crippen LogP contribution is -2.37. The number of carbonyl (C=O) groups excluding carboxylic acids is 1. The smallest absolute Gasteiger partial charge is 0.457 e. The lowest BCUT2D eigenvalue weighted by atomic mass is 10.1. The maximum Gasteiger partial charge on any atom is 0.472 e. The van der Waals surface area contributed by atoms with Crippen LogP contribution in [0.5, 0.6) is 0 Å². The summed E-state index contributed by atoms with van der Waals surface area (Å²) >= 11 is 0. The van der Waals surface area contributed by atoms with Gasteiger partial charge in [0.1, 0.15) is 19.3 Å². The second-order valence-electron chi connectivity index (χ2n) is 17.1. The third-order valence-electron chi connectivity index (χ3n) is 10.1. The van der Waals surface area contributed by atoms with E-state index in [9.17, 15) is 14.3 Å². The lowest BCUT2D eigenvalue weighted by molar-refractivity contribution is -0.870. The molecule has 0 rings (SSSR count). The molecule has 0 radical (unpaired) electrons. The average Bonchev–Trinajstić information content (AvgIpc) is 3.19. The van der Waals surface area contributed by atoms with Gasteiger partial charge in [-0.15, -0.1) is 0 Å². The van der Waals surface area contributed by atoms with Gasteiger partial charge >= 0.3 is 13.8 Å². The molecule has 0 bridgehead atoms. The SMILES string of the molecule is CCCCC/C=C\C/C=C\CCCCCCCC(=O)OC(COCCCCCCCCC/C=C\C/C=C\C/C=C\CCCCCCC)COP(=O)(O)OCC[N+](C)(C)C. The number of carbonyl (C=O) groups is 1. The zero-order valence-electron chi connectivity index (χ0n) is 39.0. The number of unbranched alkanes of at least 4 members (excludes halogenated alkanes) is 20. The fourth-order valence-electron chi connectivity index (χ4n) is 6.29. The number of esters is 1. The van der Waals surface area contributed by atoms with Crippen LogP contribution in [0, 0.1) is 0 Å². The molecule has 59 heavy (non-hydrogen) atoms. The molecule has 0 aromatic rings. The number of quaternary nitrogens is 1. The molecule has 2 atom stereocenters. The maximum absolute atomic E-state index is 12.7. The van der Waals surface area contributed by atoms with Crippen molar-refractivity contribution in [1.29, 1.82) is 0 Å². The topological polar surface area (TPSA) is 91.3 Å². The van der Waals surface area contributed by atoms with Crippen LogP contribution in [-0.4, -0.2) is 75.6 Å². The van der Waals surface area contributed by atoms with E-state index in [-0.39, 0.29) is 25.8 Å². The highest BCUT2D eigenvalue weighted by Crippen LogP contribution is 2.43. The van der Waals surface area contributed by atoms with Gasteiger partial charge in [-0.1, -0.05) is 164 Å². The van der Waals surface area contributed by atoms with Crippen molar-refractivity contribution in [2.75, 3.05) is 54.1 Å². The Balaban J connectivity index is 4.22. The molecule has 0 aliphatic rings. The summed E-state index contributed by atoms with van der Waals surface area (Å²) in [6, 6.07) is 0. The van der Waals surface area contributed by atoms with Crippen molar-refractivity contribution in [3.63, 3.8) is 0 Å². The van der Waals surface area contributed by atoms with Crippen molar-refractivity contribution in [2.45, 2.75) is 200 Å². The number of rotatable bonds is 44. The third kappa shape index (κ3) is 47.1. The van der Waals surface area contributed by atoms with Gasteiger partial charge in [-0.05, 0) is 83.5 Å². The highest BCUT2D eigenvalue weighted by molar-refractivity contribution is 7.47. The molecule has 0 aliphatic carbocycles. The molecule has 0 saturated carbocycles. The molecular formula is C50H93NO7P+. The maximum atomic E-state index is 12.7. The second kappa shape index (κ2) is 42.9. The fourth-order valence-corrected chi connectivity index (χ4v) is 7.04. The van der Waals surface area contributed by atoms with Crippen molar-refractivity contribution in [3.8, 4) is 0 Å². The van der Waals surface area contributed by atoms with E-state index in [1.54, 1.807) is 0 Å². The minimum Gasteiger partial charge on any atom is -0.457 e. The van der Waals surface area contributed by atoms with E-state index in [2.05, 4.69) is 74.6 Å². The molecule has 9 heteroatoms. The number of allylic oxidation sites excluding steroid dienone is 10. The van der Waals surface area contributed by atoms with E-state index in [0.29, 0.717) is 24.1 Å². The Morgan fingerprint density at radius 2 is 0.932 bits per heavy atom. The molecule has 0 spiro atoms. The molecule has 0 aromatic carbocycles. The van der Waals surface area contributed by atoms with Gasteiger partial charge in [-0.3, -0.25) is 13.8 Å². The fraction of sp³-hybridized carbons (Fsp3) is 0.780. The standard InChI is InChI=1S/C50H92NO7P/c1-6-8-10-12-14-16-18-20-22-23-24-25-26-27-28-30-32-34-36-38-40-42-45-55-47-49(48-57-59(53,54)56-46-44-51(3,4)5)58-50(52)43-41-39-37-35-33-31-29-21-19-17-15-13-11-9-7-2/h15,17-18,20-21,23-24,26-27,29,49H,6-14,16,19,22,25,28,30-48H2,1-5H3/p+1/b17-15-,20-18-,24-23-,27-26-,29-21-. The van der Waals surface area contributed by atoms with E-state index in [1.807, 2.05) is 21.1 Å². The number of nitrogens with zero attached hydrogens (tertiary/aromatic N) is 1. The molecule has 344 valence electrons. The van der Waals surface area contributed by atoms with Gasteiger partial charge in [0.2, 0.25) is 0 Å². The van der Waals surface area contributed by atoms with Crippen molar-refractivity contribution in [2.24, 2.45) is 0 Å². The monoisotopic (exact) mass is 851 g/mol. The van der Waals surface area contributed by atoms with Gasteiger partial charge in [-0.25, -0.2) is 4.57 Å². The minimum atomic E-state index is -4.29. The van der Waals surface area contributed by atoms with Crippen LogP contribution in [0.2, 0.25) is 0 Å². The Kier molecular flexibility index (Phi) is 41.6. The summed E-state index contributed by atoms with van der Waals surface area (Å²) in [6.07, 6.45) is 54.0. The van der Waals surface area contributed by atoms with Gasteiger partial charge in [0, 0.05) is 13.0 Å². The van der Waals surface area contributed by atoms with Gasteiger partial charge < -0.3 is 18.9 Å². The van der Waals surface area contributed by atoms with E-state index >= 15 is 0 Å². The van der Waals surface area contributed by atoms with Gasteiger partial charge in [0.25, 0.3) is 0 Å². The number of ether oxygens (including phenoxy) is 2. The van der Waals surface area contributed by atoms with Crippen LogP contribution in [-0.2, 0) is 27.9 Å². The Morgan fingerprint density at radius 1 is 0.525 bits per heavy atom. The normalized spacial score (nSPS) is 14.2. The zero-order chi connectivity index (χ0) is 43.4. The van der Waals surface area contributed by atoms with Crippen LogP contribution in [0.25, 0.3) is 0 Å². The predicted octanol–water partition coefficient (Wildman–Crippen LogP) is 14.5. The predicted molar refractivity (Wildman–Crippen MR) is 252 cm³/mol. The Labute approximate surface area is 364 Å². The summed E-state index contributed by atoms with van der Waals surface area (Å²) in [7, 11) is 1.64. The first kappa shape index (κ1) is 57.2. The van der Waals surface area contributed by atoms with E-state index in [4.69, 9.17) is 18.5 Å². The third-order valence-corrected chi connectivity index (χ3v) is 11.0. The highest BCUT2D eigenvalue weighted by Gasteiger charge is 2.26. The Morgan fingerprint density at radius 3 is 1.42 bits per heavy atom. The van der Waals surface area contributed by atoms with Crippen molar-refractivity contribution in [3.05, 3.63) is 60.8 Å². The van der Waals surface area contributed by atoms with Gasteiger partial charge in [-0.2, -0.15) is 0 Å². The first-order valence-electron chi connectivity index (χ1n) is 24.0. The first-order valence-corrected chi connectivity index (χ1v) is 25.5. The number of hydrogen-bond donors (Lipinski definition) is 1. The molecule has 1 N–H and O–H groups in total. The highest BCUT2D eigenvalue weighted by atomic mass is 31.2. The second-order valence-corrected chi connectivity index (χ2v) is 18.6. The van der Waals surface area contributed by atoms with Crippen LogP contribution in [0.4, 0.5) is 0 Å². The van der Waals surface area contributed by atoms with E-state index in [1.165, 1.54) is 96.3 Å². The summed E-state index contributed by atoms with van der Waals surface area (Å²) in [5.41, 5.74) is 0. The van der Waals surface area contributed by atoms with Crippen LogP contribution < -0.4 is 0 Å². The van der Waals surface area contributed by atoms with Gasteiger partial charge in [0.05, 0.1) is 34.4 Å². The van der Waals surface area contributed by atoms with Gasteiger partial charge in [0.15, 0.2) is 0 Å². The summed E-state index contributed by atoms with van der Waals surface area (Å²) in [5, 5.41) is 0. The largest absolute Gasteiger partial charge is 0.472 e. The zero-order valence-corrected chi connectivity index (χ0v) is 39.9. The molecule has 8 nitrogen and oxygen atoms in total. The van der Waals surface area contributed by atoms with Crippen molar-refractivity contribution < 1.29 is 37.3 Å². The molecule has 0 amide bonds. The summed E-state index contributed by atoms with van der Waals surface area (Å²) in [6.45, 7) is 5.54. The number of phosphoric ester groups is 1. The first-order chi connectivity index (χ1) is 28.6. The number of likely N-dealkylation sites (N-methyl/N-ethyl adjacent to an activating group) is 1. The molecule has 0 aliphatic heterocycles. The van der Waals surface area contributed by atoms with Crippen LogP contribution in [0.15, 0.2) is 60.8 Å². The number of hydrogen-bond acceptors (Lipinski definition) is 6. The van der Waals surface area contributed by atoms with Crippen LogP contribution >= 0.6 is 7.82 Å². The summed E-state index contributed by atoms with van der Waals surface area (Å²) < 4.78 is 35.0. The molecule has 0 saturated heterocycles. The van der Waals surface area contributed by atoms with Crippen molar-refractivity contribution in [1.82, 2.24) is 0 Å². The average molecular weight is 851 g/mol. The lowest BCUT2D eigenvalue weighted by Gasteiger charge is -2.24.